The van der Waals surface area contributed by atoms with Crippen LogP contribution in [0.25, 0.3) is 0 Å². The van der Waals surface area contributed by atoms with E-state index in [1.54, 1.807) is 6.21 Å². The van der Waals surface area contributed by atoms with Gasteiger partial charge in [0, 0.05) is 5.56 Å². The Bertz CT molecular complexity index is 257. The molecule has 0 saturated heterocycles. The van der Waals surface area contributed by atoms with E-state index in [0.29, 0.717) is 0 Å². The number of aryl methyl sites for hydroxylation is 2. The average Bonchev–Trinajstić information content (AvgIpc) is 1.97. The molecule has 0 aliphatic carbocycles. The normalized spacial score (nSPS) is 10.7. The first-order valence-electron chi connectivity index (χ1n) is 3.55. The molecule has 1 rings (SSSR count). The van der Waals surface area contributed by atoms with Gasteiger partial charge in [-0.05, 0) is 25.0 Å². The van der Waals surface area contributed by atoms with Gasteiger partial charge in [-0.15, -0.1) is 0 Å². The second kappa shape index (κ2) is 3.19. The lowest BCUT2D eigenvalue weighted by atomic mass is 10.0. The molecule has 0 aromatic heterocycles. The van der Waals surface area contributed by atoms with Gasteiger partial charge >= 0.3 is 0 Å². The van der Waals surface area contributed by atoms with Gasteiger partial charge in [0.2, 0.25) is 0 Å². The molecule has 0 amide bonds. The van der Waals surface area contributed by atoms with Crippen molar-refractivity contribution < 1.29 is 0 Å². The second-order valence-corrected chi connectivity index (χ2v) is 2.58. The summed E-state index contributed by atoms with van der Waals surface area (Å²) in [6.07, 6.45) is 1.69. The summed E-state index contributed by atoms with van der Waals surface area (Å²) in [6, 6.07) is 6.12. The fraction of sp³-hybridized carbons (Fsp3) is 0.222. The third-order valence-corrected chi connectivity index (χ3v) is 1.75. The average molecular weight is 148 g/mol. The summed E-state index contributed by atoms with van der Waals surface area (Å²) in [4.78, 5) is 0. The van der Waals surface area contributed by atoms with Crippen LogP contribution in [0.1, 0.15) is 16.7 Å². The predicted molar refractivity (Wildman–Crippen MR) is 47.7 cm³/mol. The van der Waals surface area contributed by atoms with Crippen molar-refractivity contribution in [1.82, 2.24) is 0 Å². The standard InChI is InChI=1S/C9H12N2/c1-7-4-3-5-8(2)9(7)6-11-10/h3-6H,10H2,1-2H3. The van der Waals surface area contributed by atoms with E-state index in [2.05, 4.69) is 5.10 Å². The molecule has 0 aliphatic heterocycles. The van der Waals surface area contributed by atoms with Crippen molar-refractivity contribution in [2.45, 2.75) is 13.8 Å². The summed E-state index contributed by atoms with van der Waals surface area (Å²) in [5, 5.41) is 3.50. The highest BCUT2D eigenvalue weighted by Crippen LogP contribution is 2.09. The number of rotatable bonds is 1. The van der Waals surface area contributed by atoms with Crippen LogP contribution in [0, 0.1) is 13.8 Å². The monoisotopic (exact) mass is 148 g/mol. The van der Waals surface area contributed by atoms with Gasteiger partial charge in [-0.1, -0.05) is 18.2 Å². The van der Waals surface area contributed by atoms with Crippen LogP contribution < -0.4 is 5.84 Å². The molecule has 1 aromatic carbocycles. The van der Waals surface area contributed by atoms with Gasteiger partial charge in [-0.25, -0.2) is 0 Å². The van der Waals surface area contributed by atoms with E-state index in [1.165, 1.54) is 11.1 Å². The van der Waals surface area contributed by atoms with Crippen molar-refractivity contribution in [3.05, 3.63) is 34.9 Å². The molecular weight excluding hydrogens is 136 g/mol. The smallest absolute Gasteiger partial charge is 0.0543 e. The maximum absolute atomic E-state index is 5.07. The maximum atomic E-state index is 5.07. The number of nitrogens with zero attached hydrogens (tertiary/aromatic N) is 1. The first kappa shape index (κ1) is 7.79. The van der Waals surface area contributed by atoms with E-state index in [0.717, 1.165) is 5.56 Å². The lowest BCUT2D eigenvalue weighted by molar-refractivity contribution is 1.25. The topological polar surface area (TPSA) is 38.4 Å². The predicted octanol–water partition coefficient (Wildman–Crippen LogP) is 1.60. The third kappa shape index (κ3) is 1.58. The molecule has 0 unspecified atom stereocenters. The zero-order valence-corrected chi connectivity index (χ0v) is 6.83. The van der Waals surface area contributed by atoms with Crippen molar-refractivity contribution in [2.24, 2.45) is 10.9 Å². The van der Waals surface area contributed by atoms with E-state index in [1.807, 2.05) is 32.0 Å². The van der Waals surface area contributed by atoms with Gasteiger partial charge in [-0.3, -0.25) is 0 Å². The largest absolute Gasteiger partial charge is 0.323 e. The highest BCUT2D eigenvalue weighted by molar-refractivity contribution is 5.83. The van der Waals surface area contributed by atoms with Crippen LogP contribution in [0.4, 0.5) is 0 Å². The zero-order valence-electron chi connectivity index (χ0n) is 6.83. The van der Waals surface area contributed by atoms with E-state index < -0.39 is 0 Å². The molecule has 2 heteroatoms. The molecule has 0 atom stereocenters. The van der Waals surface area contributed by atoms with Gasteiger partial charge in [0.25, 0.3) is 0 Å². The molecule has 2 N–H and O–H groups in total. The summed E-state index contributed by atoms with van der Waals surface area (Å²) in [6.45, 7) is 4.09. The second-order valence-electron chi connectivity index (χ2n) is 2.58. The number of hydrogen-bond acceptors (Lipinski definition) is 2. The molecule has 11 heavy (non-hydrogen) atoms. The summed E-state index contributed by atoms with van der Waals surface area (Å²) >= 11 is 0. The SMILES string of the molecule is Cc1cccc(C)c1C=NN. The summed E-state index contributed by atoms with van der Waals surface area (Å²) in [5.74, 6) is 5.07. The Morgan fingerprint density at radius 3 is 2.27 bits per heavy atom. The number of nitrogens with two attached hydrogens (primary N) is 1. The van der Waals surface area contributed by atoms with Gasteiger partial charge in [0.15, 0.2) is 0 Å². The number of hydrogen-bond donors (Lipinski definition) is 1. The molecule has 0 heterocycles. The van der Waals surface area contributed by atoms with Gasteiger partial charge in [-0.2, -0.15) is 5.10 Å². The molecule has 0 fully saturated rings. The fourth-order valence-corrected chi connectivity index (χ4v) is 1.11. The first-order valence-corrected chi connectivity index (χ1v) is 3.55. The first-order chi connectivity index (χ1) is 5.25. The highest BCUT2D eigenvalue weighted by atomic mass is 15.1. The maximum Gasteiger partial charge on any atom is 0.0543 e. The highest BCUT2D eigenvalue weighted by Gasteiger charge is 1.96. The Kier molecular flexibility index (Phi) is 2.26. The Morgan fingerprint density at radius 1 is 1.27 bits per heavy atom. The molecule has 2 nitrogen and oxygen atoms in total. The van der Waals surface area contributed by atoms with Crippen LogP contribution >= 0.6 is 0 Å². The summed E-state index contributed by atoms with van der Waals surface area (Å²) in [7, 11) is 0. The zero-order chi connectivity index (χ0) is 8.27. The fourth-order valence-electron chi connectivity index (χ4n) is 1.11. The Morgan fingerprint density at radius 2 is 1.82 bits per heavy atom. The van der Waals surface area contributed by atoms with Crippen LogP contribution in [-0.2, 0) is 0 Å². The van der Waals surface area contributed by atoms with Crippen molar-refractivity contribution in [3.63, 3.8) is 0 Å². The van der Waals surface area contributed by atoms with Crippen molar-refractivity contribution >= 4 is 6.21 Å². The molecule has 1 aromatic rings. The summed E-state index contributed by atoms with van der Waals surface area (Å²) < 4.78 is 0. The van der Waals surface area contributed by atoms with Crippen LogP contribution in [0.15, 0.2) is 23.3 Å². The van der Waals surface area contributed by atoms with Crippen LogP contribution in [0.2, 0.25) is 0 Å². The minimum Gasteiger partial charge on any atom is -0.323 e. The lowest BCUT2D eigenvalue weighted by Gasteiger charge is -2.01. The Hall–Kier alpha value is -1.31. The van der Waals surface area contributed by atoms with Crippen molar-refractivity contribution in [2.75, 3.05) is 0 Å². The molecule has 0 radical (unpaired) electrons. The van der Waals surface area contributed by atoms with E-state index in [9.17, 15) is 0 Å². The van der Waals surface area contributed by atoms with E-state index >= 15 is 0 Å². The Balaban J connectivity index is 3.20. The summed E-state index contributed by atoms with van der Waals surface area (Å²) in [5.41, 5.74) is 3.54. The van der Waals surface area contributed by atoms with Crippen LogP contribution in [0.5, 0.6) is 0 Å². The van der Waals surface area contributed by atoms with Gasteiger partial charge < -0.3 is 5.84 Å². The van der Waals surface area contributed by atoms with E-state index in [-0.39, 0.29) is 0 Å². The van der Waals surface area contributed by atoms with Crippen molar-refractivity contribution in [1.29, 1.82) is 0 Å². The third-order valence-electron chi connectivity index (χ3n) is 1.75. The Labute approximate surface area is 66.7 Å². The van der Waals surface area contributed by atoms with Gasteiger partial charge in [0.1, 0.15) is 0 Å². The number of benzene rings is 1. The quantitative estimate of drug-likeness (QED) is 0.366. The van der Waals surface area contributed by atoms with E-state index in [4.69, 9.17) is 5.84 Å². The van der Waals surface area contributed by atoms with Crippen LogP contribution in [0.3, 0.4) is 0 Å². The minimum atomic E-state index is 1.12. The molecule has 58 valence electrons. The molecule has 0 bridgehead atoms. The number of hydrazone groups is 1. The van der Waals surface area contributed by atoms with Crippen LogP contribution in [-0.4, -0.2) is 6.21 Å². The molecule has 0 aliphatic rings. The van der Waals surface area contributed by atoms with Crippen molar-refractivity contribution in [3.8, 4) is 0 Å². The molecular formula is C9H12N2. The van der Waals surface area contributed by atoms with Gasteiger partial charge in [0.05, 0.1) is 6.21 Å². The lowest BCUT2D eigenvalue weighted by Crippen LogP contribution is -1.93. The minimum absolute atomic E-state index is 1.12. The molecule has 0 spiro atoms. The molecule has 0 saturated carbocycles.